The molecule has 0 spiro atoms. The van der Waals surface area contributed by atoms with Crippen LogP contribution in [0.2, 0.25) is 69.5 Å². The highest BCUT2D eigenvalue weighted by atomic mass is 28.4. The molecule has 0 aliphatic heterocycles. The molecule has 4 nitrogen and oxygen atoms in total. The molecular weight excluding hydrogens is 849 g/mol. The van der Waals surface area contributed by atoms with Gasteiger partial charge in [0, 0.05) is 22.3 Å². The molecule has 0 amide bonds. The average Bonchev–Trinajstić information content (AvgIpc) is 3.14. The van der Waals surface area contributed by atoms with E-state index in [1.54, 1.807) is 0 Å². The summed E-state index contributed by atoms with van der Waals surface area (Å²) < 4.78 is 13.7. The predicted octanol–water partition coefficient (Wildman–Crippen LogP) is 16.0. The molecule has 0 fully saturated rings. The summed E-state index contributed by atoms with van der Waals surface area (Å²) in [5.41, 5.74) is 8.89. The van der Waals surface area contributed by atoms with Crippen LogP contribution in [0, 0.1) is 22.9 Å². The lowest BCUT2D eigenvalue weighted by Gasteiger charge is -2.43. The zero-order valence-corrected chi connectivity index (χ0v) is 47.9. The first-order valence-corrected chi connectivity index (χ1v) is 34.5. The Morgan fingerprint density at radius 2 is 0.672 bits per heavy atom. The molecule has 1 aliphatic rings. The molecule has 2 N–H and O–H groups in total. The van der Waals surface area contributed by atoms with Gasteiger partial charge < -0.3 is 19.1 Å². The number of hydrogen-bond donors (Lipinski definition) is 2. The first-order valence-electron chi connectivity index (χ1n) is 24.2. The van der Waals surface area contributed by atoms with Crippen LogP contribution in [0.1, 0.15) is 147 Å². The normalized spacial score (nSPS) is 18.7. The van der Waals surface area contributed by atoms with Crippen LogP contribution in [-0.2, 0) is 11.2 Å². The first-order chi connectivity index (χ1) is 29.1. The van der Waals surface area contributed by atoms with Gasteiger partial charge in [0.15, 0.2) is 11.2 Å². The van der Waals surface area contributed by atoms with Gasteiger partial charge in [-0.2, -0.15) is 0 Å². The lowest BCUT2D eigenvalue weighted by Crippen LogP contribution is -2.46. The van der Waals surface area contributed by atoms with Crippen LogP contribution in [0.25, 0.3) is 21.5 Å². The van der Waals surface area contributed by atoms with Gasteiger partial charge in [-0.15, -0.1) is 11.1 Å². The van der Waals surface area contributed by atoms with Crippen molar-refractivity contribution < 1.29 is 19.1 Å². The molecule has 0 heterocycles. The highest BCUT2D eigenvalue weighted by Crippen LogP contribution is 2.52. The lowest BCUT2D eigenvalue weighted by atomic mass is 9.67. The van der Waals surface area contributed by atoms with Crippen molar-refractivity contribution in [2.24, 2.45) is 0 Å². The van der Waals surface area contributed by atoms with E-state index >= 15 is 0 Å². The minimum absolute atomic E-state index is 0.0209. The third-order valence-electron chi connectivity index (χ3n) is 16.5. The van der Waals surface area contributed by atoms with Crippen LogP contribution in [0.15, 0.2) is 60.7 Å². The Morgan fingerprint density at radius 3 is 0.906 bits per heavy atom. The van der Waals surface area contributed by atoms with E-state index in [2.05, 4.69) is 234 Å². The summed E-state index contributed by atoms with van der Waals surface area (Å²) in [4.78, 5) is 0. The Morgan fingerprint density at radius 1 is 0.422 bits per heavy atom. The SMILES string of the molecule is CC(C)[Si](C#CC1(O)c2cc3ccc(O[Si](C)(C)C(C)(C)C)cc3cc2C(O)(C#C[Si](C(C)C)(C(C)C)C(C)C)c2cc3ccc(O[Si](C)(C)C(C)(C)C)cc3cc21)(C(C)C)C(C)C. The average molecular weight is 934 g/mol. The molecule has 4 aromatic rings. The zero-order valence-electron chi connectivity index (χ0n) is 43.9. The molecule has 0 saturated carbocycles. The Bertz CT molecular complexity index is 2290. The molecule has 64 heavy (non-hydrogen) atoms. The van der Waals surface area contributed by atoms with E-state index in [0.29, 0.717) is 55.5 Å². The first kappa shape index (κ1) is 51.9. The van der Waals surface area contributed by atoms with Crippen LogP contribution < -0.4 is 8.85 Å². The van der Waals surface area contributed by atoms with Crippen molar-refractivity contribution in [2.75, 3.05) is 0 Å². The third kappa shape index (κ3) is 8.91. The summed E-state index contributed by atoms with van der Waals surface area (Å²) in [6.07, 6.45) is 0. The molecule has 0 saturated heterocycles. The molecule has 348 valence electrons. The Labute approximate surface area is 394 Å². The van der Waals surface area contributed by atoms with Gasteiger partial charge in [-0.25, -0.2) is 0 Å². The number of benzene rings is 4. The van der Waals surface area contributed by atoms with Crippen molar-refractivity contribution >= 4 is 54.3 Å². The fourth-order valence-electron chi connectivity index (χ4n) is 10.6. The van der Waals surface area contributed by atoms with Gasteiger partial charge in [0.2, 0.25) is 16.6 Å². The van der Waals surface area contributed by atoms with Gasteiger partial charge in [0.1, 0.15) is 27.6 Å². The topological polar surface area (TPSA) is 58.9 Å². The van der Waals surface area contributed by atoms with Crippen LogP contribution in [0.3, 0.4) is 0 Å². The summed E-state index contributed by atoms with van der Waals surface area (Å²) in [5.74, 6) is 9.02. The maximum atomic E-state index is 13.9. The van der Waals surface area contributed by atoms with E-state index in [1.165, 1.54) is 0 Å². The molecule has 2 unspecified atom stereocenters. The number of aliphatic hydroxyl groups is 2. The highest BCUT2D eigenvalue weighted by Gasteiger charge is 2.51. The van der Waals surface area contributed by atoms with E-state index < -0.39 is 44.0 Å². The van der Waals surface area contributed by atoms with Crippen molar-refractivity contribution in [1.82, 2.24) is 0 Å². The minimum Gasteiger partial charge on any atom is -0.543 e. The maximum Gasteiger partial charge on any atom is 0.250 e. The smallest absolute Gasteiger partial charge is 0.250 e. The standard InChI is InChI=1S/C56H84O4Si4/c1-37(2)63(38(3)4,39(5)6)29-27-55(57)49-33-43-23-25-48(60-62(21,22)54(16,17)18)32-46(43)36-52(49)56(58,28-30-64(40(7)8,41(9)10)42(11)12)50-34-44-24-26-47(31-45(44)35-51(50)55)59-61(19,20)53(13,14)15/h23-26,31-42,57-58H,1-22H3. The third-order valence-corrected chi connectivity index (χ3v) is 37.8. The van der Waals surface area contributed by atoms with Crippen LogP contribution in [0.5, 0.6) is 11.5 Å². The molecule has 5 rings (SSSR count). The molecular formula is C56H84O4Si4. The van der Waals surface area contributed by atoms with Crippen LogP contribution in [-0.4, -0.2) is 43.0 Å². The molecule has 4 aromatic carbocycles. The number of hydrogen-bond acceptors (Lipinski definition) is 4. The van der Waals surface area contributed by atoms with Crippen molar-refractivity contribution in [3.63, 3.8) is 0 Å². The van der Waals surface area contributed by atoms with Crippen molar-refractivity contribution in [2.45, 2.75) is 205 Å². The van der Waals surface area contributed by atoms with Crippen molar-refractivity contribution in [3.8, 4) is 34.4 Å². The van der Waals surface area contributed by atoms with Gasteiger partial charge >= 0.3 is 0 Å². The largest absolute Gasteiger partial charge is 0.543 e. The second kappa shape index (κ2) is 17.5. The number of rotatable bonds is 10. The minimum atomic E-state index is -2.36. The highest BCUT2D eigenvalue weighted by molar-refractivity contribution is 6.91. The van der Waals surface area contributed by atoms with Gasteiger partial charge in [0.05, 0.1) is 0 Å². The monoisotopic (exact) mass is 933 g/mol. The van der Waals surface area contributed by atoms with Crippen LogP contribution >= 0.6 is 0 Å². The summed E-state index contributed by atoms with van der Waals surface area (Å²) in [5, 5.41) is 31.7. The van der Waals surface area contributed by atoms with Crippen molar-refractivity contribution in [1.29, 1.82) is 0 Å². The van der Waals surface area contributed by atoms with Gasteiger partial charge in [-0.05, 0) is 140 Å². The van der Waals surface area contributed by atoms with E-state index in [0.717, 1.165) is 33.0 Å². The molecule has 0 bridgehead atoms. The van der Waals surface area contributed by atoms with Crippen LogP contribution in [0.4, 0.5) is 0 Å². The Hall–Kier alpha value is -3.09. The molecule has 0 radical (unpaired) electrons. The second-order valence-electron chi connectivity index (χ2n) is 24.3. The predicted molar refractivity (Wildman–Crippen MR) is 287 cm³/mol. The summed E-state index contributed by atoms with van der Waals surface area (Å²) in [6.45, 7) is 50.3. The quantitative estimate of drug-likeness (QED) is 0.123. The number of fused-ring (bicyclic) bond motifs is 4. The summed E-state index contributed by atoms with van der Waals surface area (Å²) in [7, 11) is -9.04. The van der Waals surface area contributed by atoms with Gasteiger partial charge in [0.25, 0.3) is 0 Å². The van der Waals surface area contributed by atoms with E-state index in [4.69, 9.17) is 8.85 Å². The second-order valence-corrected chi connectivity index (χ2v) is 44.9. The maximum absolute atomic E-state index is 13.9. The summed E-state index contributed by atoms with van der Waals surface area (Å²) in [6, 6.07) is 20.8. The van der Waals surface area contributed by atoms with E-state index in [1.807, 2.05) is 0 Å². The van der Waals surface area contributed by atoms with E-state index in [-0.39, 0.29) is 10.1 Å². The zero-order chi connectivity index (χ0) is 48.6. The van der Waals surface area contributed by atoms with Gasteiger partial charge in [-0.3, -0.25) is 0 Å². The molecule has 2 atom stereocenters. The summed E-state index contributed by atoms with van der Waals surface area (Å²) >= 11 is 0. The lowest BCUT2D eigenvalue weighted by molar-refractivity contribution is 0.0950. The molecule has 1 aliphatic carbocycles. The fourth-order valence-corrected chi connectivity index (χ4v) is 23.2. The Balaban J connectivity index is 2.00. The fraction of sp³-hybridized carbons (Fsp3) is 0.571. The van der Waals surface area contributed by atoms with Crippen molar-refractivity contribution in [3.05, 3.63) is 82.9 Å². The molecule has 0 aromatic heterocycles. The molecule has 8 heteroatoms. The Kier molecular flexibility index (Phi) is 14.2. The van der Waals surface area contributed by atoms with E-state index in [9.17, 15) is 10.2 Å². The van der Waals surface area contributed by atoms with Gasteiger partial charge in [-0.1, -0.05) is 149 Å².